The molecule has 0 aliphatic carbocycles. The van der Waals surface area contributed by atoms with E-state index in [1.54, 1.807) is 24.3 Å². The van der Waals surface area contributed by atoms with Gasteiger partial charge in [0.2, 0.25) is 0 Å². The fourth-order valence-electron chi connectivity index (χ4n) is 1.60. The largest absolute Gasteiger partial charge is 0.465 e. The highest BCUT2D eigenvalue weighted by Crippen LogP contribution is 2.07. The molecule has 0 aliphatic heterocycles. The van der Waals surface area contributed by atoms with Crippen LogP contribution in [0.5, 0.6) is 0 Å². The number of benzene rings is 1. The SMILES string of the molecule is C=CCNC(=O)[C@H](C)OC(=O)/C=C/c1ccc(C(=O)OC)cc1. The average Bonchev–Trinajstić information content (AvgIpc) is 2.57. The second kappa shape index (κ2) is 9.19. The topological polar surface area (TPSA) is 81.7 Å². The summed E-state index contributed by atoms with van der Waals surface area (Å²) in [5.41, 5.74) is 1.12. The molecule has 0 radical (unpaired) electrons. The summed E-state index contributed by atoms with van der Waals surface area (Å²) in [5, 5.41) is 2.53. The molecule has 6 nitrogen and oxygen atoms in total. The summed E-state index contributed by atoms with van der Waals surface area (Å²) in [6, 6.07) is 6.50. The Labute approximate surface area is 134 Å². The maximum atomic E-state index is 11.6. The van der Waals surface area contributed by atoms with Crippen LogP contribution in [0.25, 0.3) is 6.08 Å². The van der Waals surface area contributed by atoms with Gasteiger partial charge in [-0.05, 0) is 30.7 Å². The lowest BCUT2D eigenvalue weighted by Gasteiger charge is -2.11. The minimum atomic E-state index is -0.895. The van der Waals surface area contributed by atoms with E-state index in [0.717, 1.165) is 0 Å². The zero-order chi connectivity index (χ0) is 17.2. The molecule has 0 heterocycles. The lowest BCUT2D eigenvalue weighted by Crippen LogP contribution is -2.35. The number of ether oxygens (including phenoxy) is 2. The van der Waals surface area contributed by atoms with Crippen molar-refractivity contribution in [2.24, 2.45) is 0 Å². The number of carbonyl (C=O) groups is 3. The van der Waals surface area contributed by atoms with Crippen molar-refractivity contribution in [1.82, 2.24) is 5.32 Å². The van der Waals surface area contributed by atoms with Gasteiger partial charge in [-0.1, -0.05) is 18.2 Å². The van der Waals surface area contributed by atoms with Gasteiger partial charge in [-0.25, -0.2) is 9.59 Å². The van der Waals surface area contributed by atoms with Crippen molar-refractivity contribution >= 4 is 23.9 Å². The number of carbonyl (C=O) groups excluding carboxylic acids is 3. The zero-order valence-corrected chi connectivity index (χ0v) is 13.1. The molecule has 0 saturated carbocycles. The van der Waals surface area contributed by atoms with Crippen LogP contribution in [0.1, 0.15) is 22.8 Å². The Morgan fingerprint density at radius 3 is 2.48 bits per heavy atom. The van der Waals surface area contributed by atoms with Crippen LogP contribution in [0.3, 0.4) is 0 Å². The molecule has 1 N–H and O–H groups in total. The molecule has 1 amide bonds. The predicted molar refractivity (Wildman–Crippen MR) is 85.6 cm³/mol. The molecule has 1 atom stereocenters. The Morgan fingerprint density at radius 1 is 1.26 bits per heavy atom. The van der Waals surface area contributed by atoms with Crippen LogP contribution in [0.15, 0.2) is 43.0 Å². The third-order valence-corrected chi connectivity index (χ3v) is 2.83. The first kappa shape index (κ1) is 18.2. The maximum Gasteiger partial charge on any atom is 0.337 e. The van der Waals surface area contributed by atoms with Crippen LogP contribution in [0, 0.1) is 0 Å². The first-order valence-electron chi connectivity index (χ1n) is 6.93. The minimum absolute atomic E-state index is 0.309. The van der Waals surface area contributed by atoms with E-state index in [1.165, 1.54) is 32.3 Å². The van der Waals surface area contributed by atoms with Crippen molar-refractivity contribution in [3.63, 3.8) is 0 Å². The van der Waals surface area contributed by atoms with Crippen molar-refractivity contribution in [3.05, 3.63) is 54.1 Å². The molecule has 1 aromatic carbocycles. The number of nitrogens with one attached hydrogen (secondary N) is 1. The Kier molecular flexibility index (Phi) is 7.26. The molecule has 6 heteroatoms. The molecular weight excluding hydrogens is 298 g/mol. The molecule has 23 heavy (non-hydrogen) atoms. The van der Waals surface area contributed by atoms with Gasteiger partial charge in [0.25, 0.3) is 5.91 Å². The van der Waals surface area contributed by atoms with Gasteiger partial charge in [-0.15, -0.1) is 6.58 Å². The number of hydrogen-bond donors (Lipinski definition) is 1. The van der Waals surface area contributed by atoms with Gasteiger partial charge >= 0.3 is 11.9 Å². The summed E-state index contributed by atoms with van der Waals surface area (Å²) in [5.74, 6) is -1.46. The molecule has 0 spiro atoms. The maximum absolute atomic E-state index is 11.6. The van der Waals surface area contributed by atoms with Crippen molar-refractivity contribution in [2.75, 3.05) is 13.7 Å². The van der Waals surface area contributed by atoms with Crippen LogP contribution < -0.4 is 5.32 Å². The highest BCUT2D eigenvalue weighted by Gasteiger charge is 2.15. The van der Waals surface area contributed by atoms with Crippen molar-refractivity contribution < 1.29 is 23.9 Å². The van der Waals surface area contributed by atoms with Gasteiger partial charge in [-0.2, -0.15) is 0 Å². The Hall–Kier alpha value is -2.89. The summed E-state index contributed by atoms with van der Waals surface area (Å²) in [7, 11) is 1.30. The first-order valence-corrected chi connectivity index (χ1v) is 6.93. The van der Waals surface area contributed by atoms with Gasteiger partial charge < -0.3 is 14.8 Å². The monoisotopic (exact) mass is 317 g/mol. The second-order valence-electron chi connectivity index (χ2n) is 4.56. The molecule has 0 aromatic heterocycles. The number of hydrogen-bond acceptors (Lipinski definition) is 5. The van der Waals surface area contributed by atoms with Crippen LogP contribution in [0.4, 0.5) is 0 Å². The predicted octanol–water partition coefficient (Wildman–Crippen LogP) is 1.72. The van der Waals surface area contributed by atoms with Crippen LogP contribution >= 0.6 is 0 Å². The average molecular weight is 317 g/mol. The smallest absolute Gasteiger partial charge is 0.337 e. The molecule has 0 bridgehead atoms. The number of amides is 1. The Bertz CT molecular complexity index is 604. The molecule has 0 aliphatic rings. The van der Waals surface area contributed by atoms with E-state index in [2.05, 4.69) is 16.6 Å². The van der Waals surface area contributed by atoms with Crippen molar-refractivity contribution in [2.45, 2.75) is 13.0 Å². The lowest BCUT2D eigenvalue weighted by molar-refractivity contribution is -0.150. The van der Waals surface area contributed by atoms with Gasteiger partial charge in [-0.3, -0.25) is 4.79 Å². The standard InChI is InChI=1S/C17H19NO5/c1-4-11-18-16(20)12(2)23-15(19)10-7-13-5-8-14(9-6-13)17(21)22-3/h4-10,12H,1,11H2,2-3H3,(H,18,20)/b10-7+/t12-/m0/s1. The quantitative estimate of drug-likeness (QED) is 0.470. The summed E-state index contributed by atoms with van der Waals surface area (Å²) >= 11 is 0. The third kappa shape index (κ3) is 6.17. The van der Waals surface area contributed by atoms with Crippen molar-refractivity contribution in [3.8, 4) is 0 Å². The normalized spacial score (nSPS) is 11.6. The van der Waals surface area contributed by atoms with E-state index in [0.29, 0.717) is 17.7 Å². The van der Waals surface area contributed by atoms with E-state index in [1.807, 2.05) is 0 Å². The highest BCUT2D eigenvalue weighted by molar-refractivity contribution is 5.91. The van der Waals surface area contributed by atoms with Crippen LogP contribution in [0.2, 0.25) is 0 Å². The van der Waals surface area contributed by atoms with E-state index >= 15 is 0 Å². The van der Waals surface area contributed by atoms with Crippen LogP contribution in [-0.4, -0.2) is 37.6 Å². The minimum Gasteiger partial charge on any atom is -0.465 e. The van der Waals surface area contributed by atoms with E-state index in [9.17, 15) is 14.4 Å². The third-order valence-electron chi connectivity index (χ3n) is 2.83. The van der Waals surface area contributed by atoms with E-state index in [4.69, 9.17) is 4.74 Å². The van der Waals surface area contributed by atoms with Gasteiger partial charge in [0.05, 0.1) is 12.7 Å². The second-order valence-corrected chi connectivity index (χ2v) is 4.56. The van der Waals surface area contributed by atoms with Gasteiger partial charge in [0.1, 0.15) is 0 Å². The molecule has 0 saturated heterocycles. The molecule has 0 unspecified atom stereocenters. The molecular formula is C17H19NO5. The van der Waals surface area contributed by atoms with Crippen molar-refractivity contribution in [1.29, 1.82) is 0 Å². The zero-order valence-electron chi connectivity index (χ0n) is 13.1. The lowest BCUT2D eigenvalue weighted by atomic mass is 10.1. The summed E-state index contributed by atoms with van der Waals surface area (Å²) in [4.78, 5) is 34.5. The van der Waals surface area contributed by atoms with E-state index in [-0.39, 0.29) is 0 Å². The first-order chi connectivity index (χ1) is 11.0. The fourth-order valence-corrected chi connectivity index (χ4v) is 1.60. The Balaban J connectivity index is 2.56. The number of methoxy groups -OCH3 is 1. The van der Waals surface area contributed by atoms with Gasteiger partial charge in [0, 0.05) is 12.6 Å². The molecule has 122 valence electrons. The summed E-state index contributed by atoms with van der Waals surface area (Å²) in [6.07, 6.45) is 3.38. The summed E-state index contributed by atoms with van der Waals surface area (Å²) in [6.45, 7) is 5.27. The van der Waals surface area contributed by atoms with E-state index < -0.39 is 23.9 Å². The molecule has 1 aromatic rings. The molecule has 0 fully saturated rings. The number of rotatable bonds is 7. The molecule has 1 rings (SSSR count). The van der Waals surface area contributed by atoms with Gasteiger partial charge in [0.15, 0.2) is 6.10 Å². The highest BCUT2D eigenvalue weighted by atomic mass is 16.5. The summed E-state index contributed by atoms with van der Waals surface area (Å²) < 4.78 is 9.56. The Morgan fingerprint density at radius 2 is 1.91 bits per heavy atom. The fraction of sp³-hybridized carbons (Fsp3) is 0.235. The number of esters is 2. The van der Waals surface area contributed by atoms with Crippen LogP contribution in [-0.2, 0) is 19.1 Å².